The van der Waals surface area contributed by atoms with E-state index in [0.29, 0.717) is 24.3 Å². The van der Waals surface area contributed by atoms with Crippen molar-refractivity contribution in [2.24, 2.45) is 0 Å². The smallest absolute Gasteiger partial charge is 0.259 e. The predicted molar refractivity (Wildman–Crippen MR) is 119 cm³/mol. The topological polar surface area (TPSA) is 43.9 Å². The zero-order chi connectivity index (χ0) is 21.5. The maximum atomic E-state index is 13.5. The summed E-state index contributed by atoms with van der Waals surface area (Å²) in [6.45, 7) is 3.07. The zero-order valence-corrected chi connectivity index (χ0v) is 17.4. The molecule has 0 aromatic heterocycles. The summed E-state index contributed by atoms with van der Waals surface area (Å²) in [7, 11) is 2.05. The summed E-state index contributed by atoms with van der Waals surface area (Å²) in [5, 5.41) is 2.02. The number of carbonyl (C=O) groups is 2. The van der Waals surface area contributed by atoms with Gasteiger partial charge < -0.3 is 14.7 Å². The van der Waals surface area contributed by atoms with Crippen LogP contribution in [0.3, 0.4) is 0 Å². The van der Waals surface area contributed by atoms with Gasteiger partial charge in [0, 0.05) is 37.4 Å². The summed E-state index contributed by atoms with van der Waals surface area (Å²) in [5.74, 6) is -0.466. The second kappa shape index (κ2) is 7.78. The molecule has 5 rings (SSSR count). The van der Waals surface area contributed by atoms with Crippen LogP contribution in [0.15, 0.2) is 60.7 Å². The van der Waals surface area contributed by atoms with Crippen LogP contribution in [0.1, 0.15) is 28.4 Å². The third-order valence-electron chi connectivity index (χ3n) is 6.37. The van der Waals surface area contributed by atoms with Crippen molar-refractivity contribution in [3.63, 3.8) is 0 Å². The molecule has 0 saturated carbocycles. The monoisotopic (exact) mass is 417 g/mol. The summed E-state index contributed by atoms with van der Waals surface area (Å²) in [5.41, 5.74) is 2.07. The molecule has 2 aliphatic heterocycles. The van der Waals surface area contributed by atoms with Gasteiger partial charge >= 0.3 is 0 Å². The standard InChI is InChI=1S/C25H24FN3O2/c1-27-10-12-28(13-11-27)24(30)16-23-21-14-17-4-2-3-5-18(17)15-22(21)25(31)29(23)20-8-6-19(26)7-9-20/h2-9,14-15,23H,10-13,16H2,1H3. The van der Waals surface area contributed by atoms with Crippen LogP contribution in [-0.2, 0) is 4.79 Å². The molecule has 6 heteroatoms. The number of carbonyl (C=O) groups excluding carboxylic acids is 2. The Morgan fingerprint density at radius 2 is 1.61 bits per heavy atom. The Morgan fingerprint density at radius 1 is 0.968 bits per heavy atom. The third-order valence-corrected chi connectivity index (χ3v) is 6.37. The number of halogens is 1. The second-order valence-electron chi connectivity index (χ2n) is 8.34. The molecule has 0 aliphatic carbocycles. The molecular weight excluding hydrogens is 393 g/mol. The first-order valence-electron chi connectivity index (χ1n) is 10.6. The van der Waals surface area contributed by atoms with Gasteiger partial charge in [0.05, 0.1) is 12.5 Å². The fraction of sp³-hybridized carbons (Fsp3) is 0.280. The lowest BCUT2D eigenvalue weighted by molar-refractivity contribution is -0.133. The highest BCUT2D eigenvalue weighted by Crippen LogP contribution is 2.41. The number of rotatable bonds is 3. The fourth-order valence-electron chi connectivity index (χ4n) is 4.58. The van der Waals surface area contributed by atoms with Crippen molar-refractivity contribution in [3.05, 3.63) is 77.6 Å². The molecule has 0 radical (unpaired) electrons. The Balaban J connectivity index is 1.54. The Labute approximate surface area is 180 Å². The Bertz CT molecular complexity index is 1150. The highest BCUT2D eigenvalue weighted by atomic mass is 19.1. The number of amides is 2. The van der Waals surface area contributed by atoms with E-state index in [4.69, 9.17) is 0 Å². The van der Waals surface area contributed by atoms with Crippen LogP contribution in [0.25, 0.3) is 10.8 Å². The van der Waals surface area contributed by atoms with Gasteiger partial charge in [0.15, 0.2) is 0 Å². The van der Waals surface area contributed by atoms with E-state index in [1.54, 1.807) is 17.0 Å². The van der Waals surface area contributed by atoms with Gasteiger partial charge in [-0.15, -0.1) is 0 Å². The van der Waals surface area contributed by atoms with Crippen LogP contribution >= 0.6 is 0 Å². The Morgan fingerprint density at radius 3 is 2.29 bits per heavy atom. The van der Waals surface area contributed by atoms with Crippen molar-refractivity contribution < 1.29 is 14.0 Å². The van der Waals surface area contributed by atoms with Crippen molar-refractivity contribution in [1.82, 2.24) is 9.80 Å². The van der Waals surface area contributed by atoms with Crippen LogP contribution in [0.4, 0.5) is 10.1 Å². The van der Waals surface area contributed by atoms with E-state index in [1.165, 1.54) is 12.1 Å². The maximum absolute atomic E-state index is 13.5. The van der Waals surface area contributed by atoms with Gasteiger partial charge in [-0.25, -0.2) is 4.39 Å². The van der Waals surface area contributed by atoms with Crippen LogP contribution in [0.5, 0.6) is 0 Å². The SMILES string of the molecule is CN1CCN(C(=O)CC2c3cc4ccccc4cc3C(=O)N2c2ccc(F)cc2)CC1. The molecule has 1 atom stereocenters. The number of piperazine rings is 1. The van der Waals surface area contributed by atoms with Crippen molar-refractivity contribution in [3.8, 4) is 0 Å². The van der Waals surface area contributed by atoms with Crippen molar-refractivity contribution in [2.75, 3.05) is 38.1 Å². The molecule has 2 aliphatic rings. The molecule has 1 saturated heterocycles. The molecule has 2 heterocycles. The first-order valence-corrected chi connectivity index (χ1v) is 10.6. The summed E-state index contributed by atoms with van der Waals surface area (Å²) in [6, 6.07) is 17.3. The number of hydrogen-bond donors (Lipinski definition) is 0. The number of hydrogen-bond acceptors (Lipinski definition) is 3. The second-order valence-corrected chi connectivity index (χ2v) is 8.34. The molecule has 5 nitrogen and oxygen atoms in total. The number of fused-ring (bicyclic) bond motifs is 2. The van der Waals surface area contributed by atoms with Crippen LogP contribution < -0.4 is 4.90 Å². The van der Waals surface area contributed by atoms with Crippen LogP contribution in [-0.4, -0.2) is 54.8 Å². The lowest BCUT2D eigenvalue weighted by atomic mass is 9.97. The molecule has 3 aromatic rings. The molecule has 31 heavy (non-hydrogen) atoms. The fourth-order valence-corrected chi connectivity index (χ4v) is 4.58. The van der Waals surface area contributed by atoms with E-state index >= 15 is 0 Å². The molecule has 1 unspecified atom stereocenters. The number of anilines is 1. The van der Waals surface area contributed by atoms with Gasteiger partial charge in [-0.05, 0) is 59.8 Å². The largest absolute Gasteiger partial charge is 0.340 e. The average molecular weight is 417 g/mol. The quantitative estimate of drug-likeness (QED) is 0.650. The summed E-state index contributed by atoms with van der Waals surface area (Å²) < 4.78 is 13.5. The normalized spacial score (nSPS) is 19.2. The lowest BCUT2D eigenvalue weighted by Crippen LogP contribution is -2.47. The molecule has 158 valence electrons. The maximum Gasteiger partial charge on any atom is 0.259 e. The minimum Gasteiger partial charge on any atom is -0.340 e. The minimum absolute atomic E-state index is 0.0408. The van der Waals surface area contributed by atoms with Crippen LogP contribution in [0.2, 0.25) is 0 Å². The first kappa shape index (κ1) is 19.7. The highest BCUT2D eigenvalue weighted by Gasteiger charge is 2.40. The van der Waals surface area contributed by atoms with Gasteiger partial charge in [-0.2, -0.15) is 0 Å². The zero-order valence-electron chi connectivity index (χ0n) is 17.4. The third kappa shape index (κ3) is 3.57. The van der Waals surface area contributed by atoms with E-state index in [0.717, 1.165) is 29.4 Å². The van der Waals surface area contributed by atoms with Gasteiger partial charge in [-0.1, -0.05) is 24.3 Å². The first-order chi connectivity index (χ1) is 15.0. The Kier molecular flexibility index (Phi) is 4.94. The molecule has 3 aromatic carbocycles. The molecule has 0 bridgehead atoms. The number of likely N-dealkylation sites (N-methyl/N-ethyl adjacent to an activating group) is 1. The van der Waals surface area contributed by atoms with E-state index < -0.39 is 6.04 Å². The molecule has 2 amide bonds. The number of nitrogens with zero attached hydrogens (tertiary/aromatic N) is 3. The lowest BCUT2D eigenvalue weighted by Gasteiger charge is -2.34. The van der Waals surface area contributed by atoms with Crippen molar-refractivity contribution in [1.29, 1.82) is 0 Å². The molecular formula is C25H24FN3O2. The summed E-state index contributed by atoms with van der Waals surface area (Å²) >= 11 is 0. The van der Waals surface area contributed by atoms with E-state index in [-0.39, 0.29) is 24.1 Å². The summed E-state index contributed by atoms with van der Waals surface area (Å²) in [4.78, 5) is 32.4. The molecule has 0 spiro atoms. The van der Waals surface area contributed by atoms with Gasteiger partial charge in [0.2, 0.25) is 5.91 Å². The van der Waals surface area contributed by atoms with E-state index in [9.17, 15) is 14.0 Å². The minimum atomic E-state index is -0.412. The van der Waals surface area contributed by atoms with Gasteiger partial charge in [0.1, 0.15) is 5.82 Å². The van der Waals surface area contributed by atoms with Crippen LogP contribution in [0, 0.1) is 5.82 Å². The Hall–Kier alpha value is -3.25. The number of benzene rings is 3. The van der Waals surface area contributed by atoms with Gasteiger partial charge in [0.25, 0.3) is 5.91 Å². The van der Waals surface area contributed by atoms with Crippen molar-refractivity contribution >= 4 is 28.3 Å². The average Bonchev–Trinajstić information content (AvgIpc) is 3.04. The molecule has 1 fully saturated rings. The van der Waals surface area contributed by atoms with E-state index in [2.05, 4.69) is 11.9 Å². The highest BCUT2D eigenvalue weighted by molar-refractivity contribution is 6.13. The van der Waals surface area contributed by atoms with Gasteiger partial charge in [-0.3, -0.25) is 9.59 Å². The summed E-state index contributed by atoms with van der Waals surface area (Å²) in [6.07, 6.45) is 0.207. The molecule has 0 N–H and O–H groups in total. The van der Waals surface area contributed by atoms with E-state index in [1.807, 2.05) is 41.3 Å². The predicted octanol–water partition coefficient (Wildman–Crippen LogP) is 3.84. The van der Waals surface area contributed by atoms with Crippen molar-refractivity contribution in [2.45, 2.75) is 12.5 Å².